The molecule has 32 heteroatoms. The van der Waals surface area contributed by atoms with Crippen molar-refractivity contribution in [1.82, 2.24) is 27.9 Å². The first-order chi connectivity index (χ1) is 55.2. The van der Waals surface area contributed by atoms with Gasteiger partial charge in [0.25, 0.3) is 47.8 Å². The van der Waals surface area contributed by atoms with E-state index in [0.717, 1.165) is 69.3 Å². The monoisotopic (exact) mass is 1710 g/mol. The summed E-state index contributed by atoms with van der Waals surface area (Å²) in [4.78, 5) is 74.4. The smallest absolute Gasteiger partial charge is 0.278 e. The molecule has 4 N–H and O–H groups in total. The van der Waals surface area contributed by atoms with Gasteiger partial charge in [-0.2, -0.15) is 0 Å². The van der Waals surface area contributed by atoms with E-state index >= 15 is 0 Å². The SMILES string of the molecule is CC(=O)Nc1ccc(OC(C)C)cc1.CC(=O)c1ccc(/C=C2/C(C)=C(CC(C)C)c3cc(F)ccc32)cc1.CC(C)OC1=C(C(=O)Nc2ccccn2)N(C)S(=O)(=O)c2cc(Cl)sc21.CC(C)OC1=C(C(=O)Nc2ccccn2)N(C)S(=O)(=O)c2ccccc21.Cc1cnc(NC(=O)C2=C(OC(C)C)c3ccccc3S(=O)(=O)N2C)s1. The molecule has 4 aliphatic rings. The molecule has 25 nitrogen and oxygen atoms in total. The molecule has 1 aliphatic carbocycles. The van der Waals surface area contributed by atoms with Gasteiger partial charge in [0, 0.05) is 73.9 Å². The first-order valence-electron chi connectivity index (χ1n) is 36.9. The van der Waals surface area contributed by atoms with Crippen molar-refractivity contribution in [1.29, 1.82) is 0 Å². The zero-order valence-electron chi connectivity index (χ0n) is 67.5. The molecule has 4 amide bonds. The minimum absolute atomic E-state index is 0.0278. The van der Waals surface area contributed by atoms with E-state index in [1.807, 2.05) is 103 Å². The molecule has 0 saturated carbocycles. The number of amides is 4. The molecule has 0 spiro atoms. The third-order valence-corrected chi connectivity index (χ3v) is 24.9. The molecule has 0 unspecified atom stereocenters. The number of ketones is 1. The molecular formula is C85H92ClFN10O15S5. The van der Waals surface area contributed by atoms with Crippen LogP contribution >= 0.6 is 34.3 Å². The Labute approximate surface area is 695 Å². The highest BCUT2D eigenvalue weighted by molar-refractivity contribution is 7.90. The Morgan fingerprint density at radius 2 is 0.966 bits per heavy atom. The lowest BCUT2D eigenvalue weighted by Gasteiger charge is -2.31. The quantitative estimate of drug-likeness (QED) is 0.0547. The van der Waals surface area contributed by atoms with Crippen LogP contribution in [0.3, 0.4) is 0 Å². The van der Waals surface area contributed by atoms with Crippen LogP contribution in [0.4, 0.5) is 26.8 Å². The van der Waals surface area contributed by atoms with Gasteiger partial charge in [0.2, 0.25) is 5.91 Å². The Bertz CT molecular complexity index is 5730. The number of carbonyl (C=O) groups is 5. The standard InChI is InChI=1S/C23H23FO.C18H19N3O4S.C17H19N3O4S2.C16H16ClN3O4S2.C11H15NO2/c1-14(2)11-21-15(3)22(20-10-9-19(24)13-23(20)21)12-17-5-7-18(8-6-17)16(4)25;1-12(2)25-17-13-8-4-5-9-14(13)26(23,24)21(3)16(17)18(22)20-15-10-6-7-11-19-15;1-10(2)24-15-12-7-5-6-8-13(12)26(22,23)20(4)14(15)16(21)19-17-18-9-11(3)25-17;1-9(2)24-14-13(16(21)19-12-6-4-5-7-18-12)20(3)26(22,23)10-8-11(17)25-15(10)14;1-8(2)14-11-6-4-10(5-7-11)12-9(3)13/h5-10,12-14H,11H2,1-4H3;4-12H,1-3H3,(H,19,20,22);5-10H,1-4H3,(H,18,19,21);4-9H,1-3H3,(H,18,19,21);4-8H,1-3H3,(H,12,13)/b22-12-;;;;. The Balaban J connectivity index is 0.000000169. The Morgan fingerprint density at radius 3 is 1.41 bits per heavy atom. The molecule has 0 fully saturated rings. The van der Waals surface area contributed by atoms with E-state index < -0.39 is 47.8 Å². The predicted molar refractivity (Wildman–Crippen MR) is 457 cm³/mol. The van der Waals surface area contributed by atoms with Gasteiger partial charge in [0.1, 0.15) is 28.1 Å². The van der Waals surface area contributed by atoms with Crippen molar-refractivity contribution in [3.05, 3.63) is 252 Å². The van der Waals surface area contributed by atoms with Gasteiger partial charge in [0.05, 0.1) is 43.4 Å². The van der Waals surface area contributed by atoms with E-state index in [-0.39, 0.29) is 91.0 Å². The highest BCUT2D eigenvalue weighted by Crippen LogP contribution is 2.47. The van der Waals surface area contributed by atoms with Gasteiger partial charge >= 0.3 is 0 Å². The van der Waals surface area contributed by atoms with Crippen LogP contribution in [0.5, 0.6) is 5.75 Å². The van der Waals surface area contributed by atoms with Crippen LogP contribution in [0.15, 0.2) is 214 Å². The normalized spacial score (nSPS) is 14.9. The number of benzene rings is 5. The van der Waals surface area contributed by atoms with Crippen molar-refractivity contribution >= 4 is 151 Å². The van der Waals surface area contributed by atoms with Crippen LogP contribution in [0.2, 0.25) is 4.34 Å². The summed E-state index contributed by atoms with van der Waals surface area (Å²) in [6.45, 7) is 26.2. The van der Waals surface area contributed by atoms with E-state index in [9.17, 15) is 53.6 Å². The number of anilines is 4. The number of fused-ring (bicyclic) bond motifs is 4. The number of thiazole rings is 1. The molecule has 7 heterocycles. The zero-order chi connectivity index (χ0) is 85.7. The van der Waals surface area contributed by atoms with Crippen LogP contribution in [0, 0.1) is 18.7 Å². The molecule has 9 aromatic rings. The third kappa shape index (κ3) is 21.8. The minimum atomic E-state index is -3.91. The van der Waals surface area contributed by atoms with Crippen molar-refractivity contribution in [2.24, 2.45) is 5.92 Å². The second-order valence-electron chi connectivity index (χ2n) is 28.3. The molecule has 0 atom stereocenters. The van der Waals surface area contributed by atoms with Crippen LogP contribution in [-0.2, 0) is 63.5 Å². The maximum atomic E-state index is 13.8. The molecule has 13 rings (SSSR count). The van der Waals surface area contributed by atoms with Crippen LogP contribution < -0.4 is 26.0 Å². The third-order valence-electron chi connectivity index (χ3n) is 17.2. The van der Waals surface area contributed by atoms with Gasteiger partial charge in [-0.05, 0) is 219 Å². The number of halogens is 2. The summed E-state index contributed by atoms with van der Waals surface area (Å²) >= 11 is 8.39. The maximum absolute atomic E-state index is 13.8. The van der Waals surface area contributed by atoms with E-state index in [1.165, 1.54) is 87.2 Å². The number of likely N-dealkylation sites (N-methyl/N-ethyl adjacent to an activating group) is 3. The first kappa shape index (κ1) is 89.6. The number of carbonyl (C=O) groups excluding carboxylic acids is 5. The molecule has 0 bridgehead atoms. The number of pyridine rings is 2. The van der Waals surface area contributed by atoms with Crippen molar-refractivity contribution in [3.8, 4) is 5.75 Å². The van der Waals surface area contributed by atoms with Gasteiger partial charge in [-0.1, -0.05) is 92.2 Å². The average molecular weight is 1710 g/mol. The van der Waals surface area contributed by atoms with Crippen molar-refractivity contribution in [2.75, 3.05) is 42.4 Å². The molecule has 0 radical (unpaired) electrons. The van der Waals surface area contributed by atoms with Gasteiger partial charge in [-0.25, -0.2) is 44.6 Å². The molecular weight excluding hydrogens is 1620 g/mol. The Kier molecular flexibility index (Phi) is 29.6. The van der Waals surface area contributed by atoms with Crippen molar-refractivity contribution < 1.29 is 72.6 Å². The molecule has 4 aromatic heterocycles. The summed E-state index contributed by atoms with van der Waals surface area (Å²) in [6, 6.07) is 44.4. The second kappa shape index (κ2) is 38.6. The minimum Gasteiger partial charge on any atom is -0.491 e. The summed E-state index contributed by atoms with van der Waals surface area (Å²) in [7, 11) is -7.64. The molecule has 117 heavy (non-hydrogen) atoms. The number of aryl methyl sites for hydroxylation is 1. The number of aromatic nitrogens is 3. The average Bonchev–Trinajstić information content (AvgIpc) is 1.35. The number of sulfonamides is 3. The number of rotatable bonds is 19. The van der Waals surface area contributed by atoms with Gasteiger partial charge in [-0.3, -0.25) is 42.2 Å². The highest BCUT2D eigenvalue weighted by atomic mass is 35.5. The summed E-state index contributed by atoms with van der Waals surface area (Å²) in [5, 5.41) is 11.0. The number of hydrogen-bond donors (Lipinski definition) is 4. The summed E-state index contributed by atoms with van der Waals surface area (Å²) in [6.07, 6.45) is 7.16. The molecule has 5 aromatic carbocycles. The fraction of sp³-hybridized carbons (Fsp3) is 0.271. The maximum Gasteiger partial charge on any atom is 0.278 e. The molecule has 0 saturated heterocycles. The Morgan fingerprint density at radius 1 is 0.504 bits per heavy atom. The fourth-order valence-corrected chi connectivity index (χ4v) is 18.6. The van der Waals surface area contributed by atoms with E-state index in [0.29, 0.717) is 48.6 Å². The number of thiophene rings is 1. The van der Waals surface area contributed by atoms with Crippen LogP contribution in [0.25, 0.3) is 34.5 Å². The van der Waals surface area contributed by atoms with Crippen LogP contribution in [-0.4, -0.2) is 128 Å². The number of Topliss-reactive ketones (excluding diaryl/α,β-unsaturated/α-hetero) is 1. The van der Waals surface area contributed by atoms with Crippen molar-refractivity contribution in [2.45, 2.75) is 142 Å². The van der Waals surface area contributed by atoms with E-state index in [2.05, 4.69) is 63.1 Å². The Hall–Kier alpha value is -11.4. The lowest BCUT2D eigenvalue weighted by Crippen LogP contribution is -2.38. The highest BCUT2D eigenvalue weighted by Gasteiger charge is 2.43. The lowest BCUT2D eigenvalue weighted by atomic mass is 9.96. The summed E-state index contributed by atoms with van der Waals surface area (Å²) in [5.41, 5.74) is 8.71. The number of ether oxygens (including phenoxy) is 4. The first-order valence-corrected chi connectivity index (χ1v) is 43.3. The number of allylic oxidation sites excluding steroid dienone is 3. The van der Waals surface area contributed by atoms with E-state index in [4.69, 9.17) is 30.5 Å². The molecule has 616 valence electrons. The van der Waals surface area contributed by atoms with E-state index in [1.54, 1.807) is 106 Å². The fourth-order valence-electron chi connectivity index (χ4n) is 12.1. The predicted octanol–water partition coefficient (Wildman–Crippen LogP) is 17.3. The van der Waals surface area contributed by atoms with Gasteiger partial charge in [0.15, 0.2) is 45.3 Å². The lowest BCUT2D eigenvalue weighted by molar-refractivity contribution is -0.115. The number of hydrogen-bond acceptors (Lipinski definition) is 20. The van der Waals surface area contributed by atoms with Crippen LogP contribution in [0.1, 0.15) is 144 Å². The molecule has 3 aliphatic heterocycles. The second-order valence-corrected chi connectivity index (χ2v) is 37.0. The van der Waals surface area contributed by atoms with Crippen molar-refractivity contribution in [3.63, 3.8) is 0 Å². The van der Waals surface area contributed by atoms with Gasteiger partial charge in [-0.15, -0.1) is 22.7 Å². The topological polar surface area (TPSA) is 321 Å². The number of nitrogens with one attached hydrogen (secondary N) is 4. The summed E-state index contributed by atoms with van der Waals surface area (Å²) in [5.74, 6) is 0.546. The zero-order valence-corrected chi connectivity index (χ0v) is 72.4. The van der Waals surface area contributed by atoms with Gasteiger partial charge < -0.3 is 34.9 Å². The summed E-state index contributed by atoms with van der Waals surface area (Å²) < 4.78 is 117. The largest absolute Gasteiger partial charge is 0.491 e. The number of nitrogens with zero attached hydrogens (tertiary/aromatic N) is 6.